The minimum Gasteiger partial charge on any atom is -0.456 e. The fraction of sp³-hybridized carbons (Fsp3) is 0.143. The van der Waals surface area contributed by atoms with Crippen LogP contribution in [0.25, 0.3) is 0 Å². The van der Waals surface area contributed by atoms with Gasteiger partial charge in [-0.3, -0.25) is 9.78 Å². The molecule has 0 aliphatic heterocycles. The molecular weight excluding hydrogens is 404 g/mol. The molecule has 3 aromatic rings. The first-order chi connectivity index (χ1) is 14.3. The molecule has 30 heavy (non-hydrogen) atoms. The lowest BCUT2D eigenvalue weighted by Gasteiger charge is -2.10. The van der Waals surface area contributed by atoms with Crippen molar-refractivity contribution in [3.8, 4) is 11.5 Å². The SMILES string of the molecule is NC(=O)c1cnccc1Oc1ccc(CNCCc2ccc(S(N)(=O)=O)cc2)cc1. The smallest absolute Gasteiger partial charge is 0.254 e. The van der Waals surface area contributed by atoms with Gasteiger partial charge in [-0.15, -0.1) is 0 Å². The van der Waals surface area contributed by atoms with Crippen LogP contribution >= 0.6 is 0 Å². The summed E-state index contributed by atoms with van der Waals surface area (Å²) in [5.41, 5.74) is 7.63. The first kappa shape index (κ1) is 21.4. The van der Waals surface area contributed by atoms with Crippen LogP contribution in [0.2, 0.25) is 0 Å². The number of nitrogens with zero attached hydrogens (tertiary/aromatic N) is 1. The Labute approximate surface area is 174 Å². The van der Waals surface area contributed by atoms with Crippen LogP contribution in [-0.4, -0.2) is 25.9 Å². The van der Waals surface area contributed by atoms with Crippen molar-refractivity contribution >= 4 is 15.9 Å². The monoisotopic (exact) mass is 426 g/mol. The molecule has 0 atom stereocenters. The van der Waals surface area contributed by atoms with E-state index in [0.29, 0.717) is 18.0 Å². The predicted molar refractivity (Wildman–Crippen MR) is 112 cm³/mol. The van der Waals surface area contributed by atoms with Gasteiger partial charge in [-0.1, -0.05) is 24.3 Å². The van der Waals surface area contributed by atoms with Crippen molar-refractivity contribution < 1.29 is 17.9 Å². The van der Waals surface area contributed by atoms with E-state index in [2.05, 4.69) is 10.3 Å². The lowest BCUT2D eigenvalue weighted by atomic mass is 10.1. The number of aromatic nitrogens is 1. The van der Waals surface area contributed by atoms with Crippen LogP contribution in [0.1, 0.15) is 21.5 Å². The van der Waals surface area contributed by atoms with Gasteiger partial charge in [0.25, 0.3) is 5.91 Å². The molecule has 0 unspecified atom stereocenters. The summed E-state index contributed by atoms with van der Waals surface area (Å²) in [5.74, 6) is 0.345. The number of primary sulfonamides is 1. The predicted octanol–water partition coefficient (Wildman–Crippen LogP) is 1.95. The molecule has 9 heteroatoms. The van der Waals surface area contributed by atoms with E-state index < -0.39 is 15.9 Å². The fourth-order valence-electron chi connectivity index (χ4n) is 2.77. The van der Waals surface area contributed by atoms with Gasteiger partial charge in [0.15, 0.2) is 0 Å². The summed E-state index contributed by atoms with van der Waals surface area (Å²) in [5, 5.41) is 8.43. The average molecular weight is 426 g/mol. The molecule has 0 radical (unpaired) electrons. The third-order valence-electron chi connectivity index (χ3n) is 4.37. The topological polar surface area (TPSA) is 137 Å². The van der Waals surface area contributed by atoms with Gasteiger partial charge in [0.1, 0.15) is 17.1 Å². The van der Waals surface area contributed by atoms with Crippen molar-refractivity contribution in [3.05, 3.63) is 83.7 Å². The number of nitrogens with one attached hydrogen (secondary N) is 1. The van der Waals surface area contributed by atoms with Crippen molar-refractivity contribution in [3.63, 3.8) is 0 Å². The molecule has 0 bridgehead atoms. The Morgan fingerprint density at radius 1 is 1.00 bits per heavy atom. The summed E-state index contributed by atoms with van der Waals surface area (Å²) in [4.78, 5) is 15.4. The van der Waals surface area contributed by atoms with Crippen LogP contribution in [0.4, 0.5) is 0 Å². The number of carbonyl (C=O) groups excluding carboxylic acids is 1. The summed E-state index contributed by atoms with van der Waals surface area (Å²) < 4.78 is 28.3. The zero-order valence-electron chi connectivity index (χ0n) is 16.1. The molecule has 0 aliphatic rings. The maximum atomic E-state index is 11.4. The molecule has 0 fully saturated rings. The number of amides is 1. The quantitative estimate of drug-likeness (QED) is 0.447. The zero-order chi connectivity index (χ0) is 21.6. The number of primary amides is 1. The van der Waals surface area contributed by atoms with Gasteiger partial charge < -0.3 is 15.8 Å². The van der Waals surface area contributed by atoms with Crippen LogP contribution in [0.15, 0.2) is 71.9 Å². The van der Waals surface area contributed by atoms with Crippen molar-refractivity contribution in [1.29, 1.82) is 0 Å². The number of hydrogen-bond acceptors (Lipinski definition) is 6. The minimum atomic E-state index is -3.66. The Balaban J connectivity index is 1.49. The van der Waals surface area contributed by atoms with Crippen LogP contribution in [0, 0.1) is 0 Å². The van der Waals surface area contributed by atoms with E-state index in [1.165, 1.54) is 24.5 Å². The first-order valence-corrected chi connectivity index (χ1v) is 10.7. The molecule has 156 valence electrons. The summed E-state index contributed by atoms with van der Waals surface area (Å²) in [6.07, 6.45) is 3.66. The fourth-order valence-corrected chi connectivity index (χ4v) is 3.28. The number of ether oxygens (including phenoxy) is 1. The summed E-state index contributed by atoms with van der Waals surface area (Å²) in [7, 11) is -3.66. The van der Waals surface area contributed by atoms with Crippen molar-refractivity contribution in [1.82, 2.24) is 10.3 Å². The Hall–Kier alpha value is -3.27. The highest BCUT2D eigenvalue weighted by Crippen LogP contribution is 2.24. The van der Waals surface area contributed by atoms with E-state index in [-0.39, 0.29) is 10.5 Å². The molecule has 0 saturated carbocycles. The van der Waals surface area contributed by atoms with Crippen LogP contribution < -0.4 is 20.9 Å². The van der Waals surface area contributed by atoms with Gasteiger partial charge in [-0.05, 0) is 54.4 Å². The normalized spacial score (nSPS) is 11.2. The Morgan fingerprint density at radius 3 is 2.30 bits per heavy atom. The van der Waals surface area contributed by atoms with E-state index in [1.807, 2.05) is 24.3 Å². The van der Waals surface area contributed by atoms with Gasteiger partial charge in [0.2, 0.25) is 10.0 Å². The molecule has 0 spiro atoms. The average Bonchev–Trinajstić information content (AvgIpc) is 2.72. The largest absolute Gasteiger partial charge is 0.456 e. The van der Waals surface area contributed by atoms with Gasteiger partial charge in [0, 0.05) is 18.9 Å². The third kappa shape index (κ3) is 5.86. The molecule has 1 amide bonds. The molecule has 8 nitrogen and oxygen atoms in total. The van der Waals surface area contributed by atoms with Gasteiger partial charge >= 0.3 is 0 Å². The van der Waals surface area contributed by atoms with E-state index in [0.717, 1.165) is 24.1 Å². The van der Waals surface area contributed by atoms with E-state index in [4.69, 9.17) is 15.6 Å². The summed E-state index contributed by atoms with van der Waals surface area (Å²) in [6, 6.07) is 15.6. The van der Waals surface area contributed by atoms with Gasteiger partial charge in [0.05, 0.1) is 4.90 Å². The number of benzene rings is 2. The first-order valence-electron chi connectivity index (χ1n) is 9.16. The number of nitrogens with two attached hydrogens (primary N) is 2. The number of rotatable bonds is 9. The van der Waals surface area contributed by atoms with Gasteiger partial charge in [-0.25, -0.2) is 13.6 Å². The second-order valence-corrected chi connectivity index (χ2v) is 8.16. The molecule has 3 rings (SSSR count). The Bertz CT molecular complexity index is 1110. The Kier molecular flexibility index (Phi) is 6.78. The maximum Gasteiger partial charge on any atom is 0.254 e. The van der Waals surface area contributed by atoms with E-state index in [1.54, 1.807) is 18.2 Å². The number of hydrogen-bond donors (Lipinski definition) is 3. The van der Waals surface area contributed by atoms with Crippen LogP contribution in [0.5, 0.6) is 11.5 Å². The van der Waals surface area contributed by atoms with Crippen LogP contribution in [-0.2, 0) is 23.0 Å². The van der Waals surface area contributed by atoms with Crippen molar-refractivity contribution in [2.45, 2.75) is 17.9 Å². The molecule has 2 aromatic carbocycles. The maximum absolute atomic E-state index is 11.4. The van der Waals surface area contributed by atoms with Crippen molar-refractivity contribution in [2.75, 3.05) is 6.54 Å². The lowest BCUT2D eigenvalue weighted by molar-refractivity contribution is 0.0997. The number of pyridine rings is 1. The molecule has 1 heterocycles. The second-order valence-electron chi connectivity index (χ2n) is 6.60. The second kappa shape index (κ2) is 9.49. The molecular formula is C21H22N4O4S. The summed E-state index contributed by atoms with van der Waals surface area (Å²) >= 11 is 0. The zero-order valence-corrected chi connectivity index (χ0v) is 16.9. The third-order valence-corrected chi connectivity index (χ3v) is 5.30. The highest BCUT2D eigenvalue weighted by molar-refractivity contribution is 7.89. The standard InChI is InChI=1S/C21H22N4O4S/c22-21(26)19-14-25-12-10-20(19)29-17-5-1-16(2-6-17)13-24-11-9-15-3-7-18(8-4-15)30(23,27)28/h1-8,10,12,14,24H,9,11,13H2,(H2,22,26)(H2,23,27,28). The highest BCUT2D eigenvalue weighted by Gasteiger charge is 2.10. The number of sulfonamides is 1. The number of carbonyl (C=O) groups is 1. The van der Waals surface area contributed by atoms with Crippen LogP contribution in [0.3, 0.4) is 0 Å². The molecule has 5 N–H and O–H groups in total. The molecule has 1 aromatic heterocycles. The molecule has 0 saturated heterocycles. The van der Waals surface area contributed by atoms with Gasteiger partial charge in [-0.2, -0.15) is 0 Å². The summed E-state index contributed by atoms with van der Waals surface area (Å²) in [6.45, 7) is 1.39. The van der Waals surface area contributed by atoms with E-state index >= 15 is 0 Å². The lowest BCUT2D eigenvalue weighted by Crippen LogP contribution is -2.17. The Morgan fingerprint density at radius 2 is 1.67 bits per heavy atom. The highest BCUT2D eigenvalue weighted by atomic mass is 32.2. The molecule has 0 aliphatic carbocycles. The minimum absolute atomic E-state index is 0.108. The van der Waals surface area contributed by atoms with Crippen molar-refractivity contribution in [2.24, 2.45) is 10.9 Å². The van der Waals surface area contributed by atoms with E-state index in [9.17, 15) is 13.2 Å².